The largest absolute Gasteiger partial charge is 0.425 e. The normalized spacial score (nSPS) is 25.2. The summed E-state index contributed by atoms with van der Waals surface area (Å²) in [5.41, 5.74) is 0. The van der Waals surface area contributed by atoms with E-state index < -0.39 is 24.1 Å². The average Bonchev–Trinajstić information content (AvgIpc) is 2.67. The number of hydrogen-bond acceptors (Lipinski definition) is 1. The molecule has 1 fully saturated rings. The highest BCUT2D eigenvalue weighted by molar-refractivity contribution is 4.91. The van der Waals surface area contributed by atoms with Crippen molar-refractivity contribution in [2.24, 2.45) is 5.92 Å². The van der Waals surface area contributed by atoms with Gasteiger partial charge in [-0.05, 0) is 12.8 Å². The van der Waals surface area contributed by atoms with Gasteiger partial charge >= 0.3 is 6.18 Å². The van der Waals surface area contributed by atoms with Crippen LogP contribution in [0.3, 0.4) is 0 Å². The summed E-state index contributed by atoms with van der Waals surface area (Å²) in [5.74, 6) is -4.23. The third-order valence-corrected chi connectivity index (χ3v) is 2.86. The van der Waals surface area contributed by atoms with Gasteiger partial charge in [0.15, 0.2) is 0 Å². The van der Waals surface area contributed by atoms with Crippen LogP contribution >= 0.6 is 0 Å². The van der Waals surface area contributed by atoms with E-state index in [1.807, 2.05) is 0 Å². The van der Waals surface area contributed by atoms with Gasteiger partial charge in [-0.2, -0.15) is 13.2 Å². The summed E-state index contributed by atoms with van der Waals surface area (Å²) in [6.07, 6.45) is -7.08. The zero-order valence-corrected chi connectivity index (χ0v) is 8.28. The molecule has 0 radical (unpaired) electrons. The van der Waals surface area contributed by atoms with E-state index in [1.54, 1.807) is 0 Å². The lowest BCUT2D eigenvalue weighted by Gasteiger charge is -2.33. The van der Waals surface area contributed by atoms with Crippen molar-refractivity contribution in [2.45, 2.75) is 43.9 Å². The summed E-state index contributed by atoms with van der Waals surface area (Å²) in [6.45, 7) is 0. The Bertz CT molecular complexity index is 211. The van der Waals surface area contributed by atoms with Crippen LogP contribution in [0.1, 0.15) is 25.7 Å². The number of halogens is 5. The minimum absolute atomic E-state index is 0.237. The summed E-state index contributed by atoms with van der Waals surface area (Å²) in [7, 11) is 0.774. The maximum atomic E-state index is 13.8. The van der Waals surface area contributed by atoms with Crippen LogP contribution in [-0.2, 0) is 4.74 Å². The second-order valence-electron chi connectivity index (χ2n) is 3.79. The summed E-state index contributed by atoms with van der Waals surface area (Å²) >= 11 is 0. The Balaban J connectivity index is 2.83. The smallest absolute Gasteiger partial charge is 0.346 e. The summed E-state index contributed by atoms with van der Waals surface area (Å²) in [4.78, 5) is 0. The third-order valence-electron chi connectivity index (χ3n) is 2.86. The van der Waals surface area contributed by atoms with Crippen molar-refractivity contribution in [2.75, 3.05) is 7.11 Å². The Kier molecular flexibility index (Phi) is 3.58. The van der Waals surface area contributed by atoms with Crippen LogP contribution in [0.5, 0.6) is 0 Å². The second kappa shape index (κ2) is 4.23. The summed E-state index contributed by atoms with van der Waals surface area (Å²) in [5, 5.41) is 0. The lowest BCUT2D eigenvalue weighted by Crippen LogP contribution is -2.50. The minimum Gasteiger partial charge on any atom is -0.346 e. The van der Waals surface area contributed by atoms with E-state index >= 15 is 0 Å². The van der Waals surface area contributed by atoms with Gasteiger partial charge in [-0.3, -0.25) is 0 Å². The van der Waals surface area contributed by atoms with Gasteiger partial charge in [0, 0.05) is 13.0 Å². The maximum Gasteiger partial charge on any atom is 0.425 e. The van der Waals surface area contributed by atoms with Gasteiger partial charge in [0.1, 0.15) is 0 Å². The van der Waals surface area contributed by atoms with Gasteiger partial charge in [0.05, 0.1) is 0 Å². The van der Waals surface area contributed by atoms with E-state index in [9.17, 15) is 22.0 Å². The second-order valence-corrected chi connectivity index (χ2v) is 3.79. The van der Waals surface area contributed by atoms with Crippen LogP contribution in [0.4, 0.5) is 22.0 Å². The number of hydrogen-bond donors (Lipinski definition) is 0. The van der Waals surface area contributed by atoms with Crippen LogP contribution in [0.25, 0.3) is 0 Å². The molecule has 90 valence electrons. The molecule has 0 spiro atoms. The van der Waals surface area contributed by atoms with E-state index in [2.05, 4.69) is 4.74 Å². The maximum absolute atomic E-state index is 13.8. The van der Waals surface area contributed by atoms with Crippen LogP contribution < -0.4 is 0 Å². The Hall–Kier alpha value is -0.390. The third kappa shape index (κ3) is 2.41. The van der Waals surface area contributed by atoms with E-state index in [4.69, 9.17) is 0 Å². The first-order valence-electron chi connectivity index (χ1n) is 4.77. The Morgan fingerprint density at radius 2 is 1.60 bits per heavy atom. The molecule has 2 unspecified atom stereocenters. The predicted octanol–water partition coefficient (Wildman–Crippen LogP) is 3.39. The topological polar surface area (TPSA) is 9.23 Å². The SMILES string of the molecule is COC(F)(C1CCCC1)C(F)C(F)(F)F. The van der Waals surface area contributed by atoms with E-state index in [-0.39, 0.29) is 12.8 Å². The molecule has 0 aromatic rings. The fourth-order valence-corrected chi connectivity index (χ4v) is 2.02. The lowest BCUT2D eigenvalue weighted by molar-refractivity contribution is -0.293. The molecule has 0 amide bonds. The van der Waals surface area contributed by atoms with Crippen molar-refractivity contribution in [3.63, 3.8) is 0 Å². The van der Waals surface area contributed by atoms with Crippen molar-refractivity contribution in [1.82, 2.24) is 0 Å². The van der Waals surface area contributed by atoms with Crippen molar-refractivity contribution < 1.29 is 26.7 Å². The minimum atomic E-state index is -5.21. The molecule has 0 aromatic heterocycles. The fraction of sp³-hybridized carbons (Fsp3) is 1.00. The highest BCUT2D eigenvalue weighted by Crippen LogP contribution is 2.45. The monoisotopic (exact) mass is 232 g/mol. The first kappa shape index (κ1) is 12.7. The van der Waals surface area contributed by atoms with Gasteiger partial charge in [-0.25, -0.2) is 8.78 Å². The van der Waals surface area contributed by atoms with Gasteiger partial charge in [0.2, 0.25) is 0 Å². The number of rotatable bonds is 3. The quantitative estimate of drug-likeness (QED) is 0.678. The highest BCUT2D eigenvalue weighted by Gasteiger charge is 2.60. The zero-order chi connectivity index (χ0) is 11.7. The molecule has 1 nitrogen and oxygen atoms in total. The molecule has 0 N–H and O–H groups in total. The highest BCUT2D eigenvalue weighted by atomic mass is 19.4. The first-order chi connectivity index (χ1) is 6.82. The van der Waals surface area contributed by atoms with Crippen LogP contribution in [0.2, 0.25) is 0 Å². The molecule has 1 aliphatic rings. The standard InChI is InChI=1S/C9H13F5O/c1-15-8(11,6-4-2-3-5-6)7(10)9(12,13)14/h6-7H,2-5H2,1H3. The molecule has 0 bridgehead atoms. The van der Waals surface area contributed by atoms with Crippen molar-refractivity contribution in [1.29, 1.82) is 0 Å². The van der Waals surface area contributed by atoms with Crippen LogP contribution in [0, 0.1) is 5.92 Å². The molecular weight excluding hydrogens is 219 g/mol. The fourth-order valence-electron chi connectivity index (χ4n) is 2.02. The Morgan fingerprint density at radius 1 is 1.13 bits per heavy atom. The predicted molar refractivity (Wildman–Crippen MR) is 43.8 cm³/mol. The first-order valence-corrected chi connectivity index (χ1v) is 4.77. The molecule has 0 saturated heterocycles. The number of ether oxygens (including phenoxy) is 1. The summed E-state index contributed by atoms with van der Waals surface area (Å²) < 4.78 is 67.2. The molecule has 1 rings (SSSR count). The van der Waals surface area contributed by atoms with E-state index in [1.165, 1.54) is 0 Å². The Morgan fingerprint density at radius 3 is 1.93 bits per heavy atom. The summed E-state index contributed by atoms with van der Waals surface area (Å²) in [6, 6.07) is 0. The van der Waals surface area contributed by atoms with Gasteiger partial charge in [-0.1, -0.05) is 12.8 Å². The van der Waals surface area contributed by atoms with E-state index in [0.717, 1.165) is 7.11 Å². The van der Waals surface area contributed by atoms with Crippen molar-refractivity contribution in [3.05, 3.63) is 0 Å². The Labute approximate surface area is 84.6 Å². The molecule has 0 aromatic carbocycles. The molecule has 0 heterocycles. The van der Waals surface area contributed by atoms with Crippen molar-refractivity contribution >= 4 is 0 Å². The van der Waals surface area contributed by atoms with Gasteiger partial charge in [0.25, 0.3) is 12.0 Å². The molecular formula is C9H13F5O. The van der Waals surface area contributed by atoms with E-state index in [0.29, 0.717) is 12.8 Å². The molecule has 15 heavy (non-hydrogen) atoms. The number of methoxy groups -OCH3 is 1. The van der Waals surface area contributed by atoms with Gasteiger partial charge < -0.3 is 4.74 Å². The average molecular weight is 232 g/mol. The zero-order valence-electron chi connectivity index (χ0n) is 8.28. The van der Waals surface area contributed by atoms with Crippen molar-refractivity contribution in [3.8, 4) is 0 Å². The van der Waals surface area contributed by atoms with Gasteiger partial charge in [-0.15, -0.1) is 0 Å². The molecule has 6 heteroatoms. The lowest BCUT2D eigenvalue weighted by atomic mass is 9.94. The van der Waals surface area contributed by atoms with Crippen LogP contribution in [-0.4, -0.2) is 25.3 Å². The molecule has 2 atom stereocenters. The molecule has 1 saturated carbocycles. The molecule has 1 aliphatic carbocycles. The number of alkyl halides is 5. The molecule has 0 aliphatic heterocycles. The van der Waals surface area contributed by atoms with Crippen LogP contribution in [0.15, 0.2) is 0 Å².